The van der Waals surface area contributed by atoms with E-state index in [0.29, 0.717) is 10.8 Å². The Morgan fingerprint density at radius 3 is 2.06 bits per heavy atom. The van der Waals surface area contributed by atoms with Crippen molar-refractivity contribution in [1.82, 2.24) is 0 Å². The van der Waals surface area contributed by atoms with E-state index in [0.717, 1.165) is 6.42 Å². The molecule has 0 fully saturated rings. The molecule has 0 aromatic carbocycles. The zero-order valence-corrected chi connectivity index (χ0v) is 12.2. The first-order valence-electron chi connectivity index (χ1n) is 6.94. The minimum absolute atomic E-state index is 0.413. The summed E-state index contributed by atoms with van der Waals surface area (Å²) < 4.78 is 0. The van der Waals surface area contributed by atoms with Crippen molar-refractivity contribution >= 4 is 0 Å². The zero-order chi connectivity index (χ0) is 12.7. The van der Waals surface area contributed by atoms with E-state index in [1.54, 1.807) is 0 Å². The van der Waals surface area contributed by atoms with Crippen molar-refractivity contribution in [2.75, 3.05) is 0 Å². The van der Waals surface area contributed by atoms with Crippen LogP contribution < -0.4 is 0 Å². The van der Waals surface area contributed by atoms with Gasteiger partial charge in [-0.15, -0.1) is 6.58 Å². The Morgan fingerprint density at radius 1 is 0.938 bits per heavy atom. The van der Waals surface area contributed by atoms with Crippen LogP contribution in [0.1, 0.15) is 79.6 Å². The second-order valence-electron chi connectivity index (χ2n) is 6.81. The Labute approximate surface area is 104 Å². The number of rotatable bonds is 9. The normalized spacial score (nSPS) is 12.8. The average molecular weight is 224 g/mol. The molecule has 0 amide bonds. The third-order valence-corrected chi connectivity index (χ3v) is 3.36. The van der Waals surface area contributed by atoms with Gasteiger partial charge in [-0.3, -0.25) is 0 Å². The van der Waals surface area contributed by atoms with Crippen molar-refractivity contribution < 1.29 is 0 Å². The molecule has 0 saturated heterocycles. The minimum atomic E-state index is 0.413. The van der Waals surface area contributed by atoms with Gasteiger partial charge in [0.2, 0.25) is 0 Å². The topological polar surface area (TPSA) is 0 Å². The van der Waals surface area contributed by atoms with Gasteiger partial charge in [-0.1, -0.05) is 66.4 Å². The molecule has 0 bridgehead atoms. The lowest BCUT2D eigenvalue weighted by Crippen LogP contribution is -2.22. The van der Waals surface area contributed by atoms with E-state index >= 15 is 0 Å². The summed E-state index contributed by atoms with van der Waals surface area (Å²) in [6, 6.07) is 0. The summed E-state index contributed by atoms with van der Waals surface area (Å²) in [6.45, 7) is 15.7. The van der Waals surface area contributed by atoms with Crippen LogP contribution in [-0.4, -0.2) is 0 Å². The molecule has 0 saturated carbocycles. The van der Waals surface area contributed by atoms with Gasteiger partial charge in [0, 0.05) is 0 Å². The Hall–Kier alpha value is -0.260. The lowest BCUT2D eigenvalue weighted by Gasteiger charge is -2.34. The van der Waals surface area contributed by atoms with Crippen LogP contribution >= 0.6 is 0 Å². The highest BCUT2D eigenvalue weighted by molar-refractivity contribution is 4.84. The van der Waals surface area contributed by atoms with E-state index in [2.05, 4.69) is 47.3 Å². The fourth-order valence-corrected chi connectivity index (χ4v) is 2.88. The highest BCUT2D eigenvalue weighted by Gasteiger charge is 2.27. The maximum absolute atomic E-state index is 3.86. The van der Waals surface area contributed by atoms with Crippen LogP contribution in [0.5, 0.6) is 0 Å². The first-order chi connectivity index (χ1) is 7.33. The van der Waals surface area contributed by atoms with Crippen LogP contribution in [0.4, 0.5) is 0 Å². The molecule has 0 aliphatic carbocycles. The van der Waals surface area contributed by atoms with Crippen molar-refractivity contribution in [2.24, 2.45) is 10.8 Å². The van der Waals surface area contributed by atoms with Crippen molar-refractivity contribution in [3.05, 3.63) is 12.7 Å². The van der Waals surface area contributed by atoms with Crippen LogP contribution in [0.3, 0.4) is 0 Å². The lowest BCUT2D eigenvalue weighted by atomic mass is 9.71. The molecule has 96 valence electrons. The zero-order valence-electron chi connectivity index (χ0n) is 12.2. The molecule has 0 aliphatic rings. The highest BCUT2D eigenvalue weighted by atomic mass is 14.3. The fraction of sp³-hybridized carbons (Fsp3) is 0.875. The van der Waals surface area contributed by atoms with Gasteiger partial charge >= 0.3 is 0 Å². The van der Waals surface area contributed by atoms with Crippen LogP contribution in [0.2, 0.25) is 0 Å². The number of hydrogen-bond acceptors (Lipinski definition) is 0. The summed E-state index contributed by atoms with van der Waals surface area (Å²) in [7, 11) is 0. The van der Waals surface area contributed by atoms with E-state index < -0.39 is 0 Å². The molecular formula is C16H32. The second kappa shape index (κ2) is 7.14. The molecule has 16 heavy (non-hydrogen) atoms. The van der Waals surface area contributed by atoms with E-state index in [1.807, 2.05) is 0 Å². The first-order valence-corrected chi connectivity index (χ1v) is 6.94. The number of allylic oxidation sites excluding steroid dienone is 1. The average Bonchev–Trinajstić information content (AvgIpc) is 2.10. The quantitative estimate of drug-likeness (QED) is 0.334. The smallest absolute Gasteiger partial charge is 0.0302 e. The highest BCUT2D eigenvalue weighted by Crippen LogP contribution is 2.39. The van der Waals surface area contributed by atoms with Gasteiger partial charge in [-0.2, -0.15) is 0 Å². The van der Waals surface area contributed by atoms with E-state index in [-0.39, 0.29) is 0 Å². The van der Waals surface area contributed by atoms with Crippen molar-refractivity contribution in [3.8, 4) is 0 Å². The summed E-state index contributed by atoms with van der Waals surface area (Å²) in [5, 5.41) is 0. The van der Waals surface area contributed by atoms with Gasteiger partial charge in [-0.05, 0) is 30.1 Å². The van der Waals surface area contributed by atoms with Crippen molar-refractivity contribution in [3.63, 3.8) is 0 Å². The second-order valence-corrected chi connectivity index (χ2v) is 6.81. The van der Waals surface area contributed by atoms with E-state index in [9.17, 15) is 0 Å². The van der Waals surface area contributed by atoms with Crippen LogP contribution in [-0.2, 0) is 0 Å². The van der Waals surface area contributed by atoms with Crippen LogP contribution in [0.15, 0.2) is 12.7 Å². The first kappa shape index (κ1) is 15.7. The Morgan fingerprint density at radius 2 is 1.56 bits per heavy atom. The monoisotopic (exact) mass is 224 g/mol. The van der Waals surface area contributed by atoms with Gasteiger partial charge in [0.05, 0.1) is 0 Å². The molecular weight excluding hydrogens is 192 g/mol. The Kier molecular flexibility index (Phi) is 7.03. The molecule has 0 heteroatoms. The molecule has 0 nitrogen and oxygen atoms in total. The molecule has 0 N–H and O–H groups in total. The van der Waals surface area contributed by atoms with E-state index in [1.165, 1.54) is 38.5 Å². The number of hydrogen-bond donors (Lipinski definition) is 0. The predicted molar refractivity (Wildman–Crippen MR) is 75.8 cm³/mol. The van der Waals surface area contributed by atoms with Crippen LogP contribution in [0.25, 0.3) is 0 Å². The molecule has 0 atom stereocenters. The molecule has 0 spiro atoms. The molecule has 0 heterocycles. The van der Waals surface area contributed by atoms with Gasteiger partial charge in [0.15, 0.2) is 0 Å². The van der Waals surface area contributed by atoms with Gasteiger partial charge < -0.3 is 0 Å². The maximum Gasteiger partial charge on any atom is -0.0302 e. The standard InChI is InChI=1S/C16H32/c1-7-9-10-11-13-16(5,6)14-15(3,4)12-8-2/h8H,2,7,9-14H2,1,3-6H3. The minimum Gasteiger partial charge on any atom is -0.103 e. The summed E-state index contributed by atoms with van der Waals surface area (Å²) in [5.41, 5.74) is 0.899. The van der Waals surface area contributed by atoms with Crippen molar-refractivity contribution in [2.45, 2.75) is 79.6 Å². The van der Waals surface area contributed by atoms with Crippen molar-refractivity contribution in [1.29, 1.82) is 0 Å². The number of unbranched alkanes of at least 4 members (excludes halogenated alkanes) is 3. The third kappa shape index (κ3) is 7.96. The molecule has 0 aliphatic heterocycles. The van der Waals surface area contributed by atoms with Gasteiger partial charge in [0.25, 0.3) is 0 Å². The van der Waals surface area contributed by atoms with Gasteiger partial charge in [-0.25, -0.2) is 0 Å². The van der Waals surface area contributed by atoms with Gasteiger partial charge in [0.1, 0.15) is 0 Å². The summed E-state index contributed by atoms with van der Waals surface area (Å²) in [4.78, 5) is 0. The summed E-state index contributed by atoms with van der Waals surface area (Å²) in [6.07, 6.45) is 11.4. The van der Waals surface area contributed by atoms with E-state index in [4.69, 9.17) is 0 Å². The molecule has 0 rings (SSSR count). The summed E-state index contributed by atoms with van der Waals surface area (Å²) in [5.74, 6) is 0. The molecule has 0 unspecified atom stereocenters. The maximum atomic E-state index is 3.86. The largest absolute Gasteiger partial charge is 0.103 e. The predicted octanol–water partition coefficient (Wildman–Crippen LogP) is 5.98. The lowest BCUT2D eigenvalue weighted by molar-refractivity contribution is 0.180. The Balaban J connectivity index is 3.97. The fourth-order valence-electron chi connectivity index (χ4n) is 2.88. The molecule has 0 radical (unpaired) electrons. The third-order valence-electron chi connectivity index (χ3n) is 3.36. The molecule has 0 aromatic rings. The SMILES string of the molecule is C=CCC(C)(C)CC(C)(C)CCCCCC. The summed E-state index contributed by atoms with van der Waals surface area (Å²) >= 11 is 0. The van der Waals surface area contributed by atoms with Crippen LogP contribution in [0, 0.1) is 10.8 Å². The molecule has 0 aromatic heterocycles. The Bertz CT molecular complexity index is 186.